The van der Waals surface area contributed by atoms with E-state index in [-0.39, 0.29) is 12.2 Å². The maximum atomic E-state index is 5.81. The molecule has 1 N–H and O–H groups in total. The molecule has 0 amide bonds. The van der Waals surface area contributed by atoms with E-state index in [1.54, 1.807) is 0 Å². The maximum Gasteiger partial charge on any atom is 0.119 e. The molecule has 164 valence electrons. The molecule has 0 radical (unpaired) electrons. The highest BCUT2D eigenvalue weighted by Crippen LogP contribution is 2.29. The first-order chi connectivity index (χ1) is 15.0. The second kappa shape index (κ2) is 11.6. The van der Waals surface area contributed by atoms with Crippen LogP contribution in [-0.2, 0) is 6.54 Å². The fourth-order valence-electron chi connectivity index (χ4n) is 3.70. The molecule has 1 unspecified atom stereocenters. The molecule has 3 nitrogen and oxygen atoms in total. The zero-order valence-corrected chi connectivity index (χ0v) is 19.2. The van der Waals surface area contributed by atoms with Gasteiger partial charge in [-0.05, 0) is 81.6 Å². The lowest BCUT2D eigenvalue weighted by atomic mass is 9.88. The van der Waals surface area contributed by atoms with E-state index in [1.807, 2.05) is 26.0 Å². The lowest BCUT2D eigenvalue weighted by Gasteiger charge is -2.19. The van der Waals surface area contributed by atoms with Crippen LogP contribution in [0.15, 0.2) is 78.9 Å². The lowest BCUT2D eigenvalue weighted by Crippen LogP contribution is -2.18. The predicted octanol–water partition coefficient (Wildman–Crippen LogP) is 6.57. The molecule has 3 aromatic rings. The van der Waals surface area contributed by atoms with Crippen LogP contribution in [-0.4, -0.2) is 18.8 Å². The van der Waals surface area contributed by atoms with Gasteiger partial charge in [-0.3, -0.25) is 0 Å². The molecule has 3 heteroatoms. The average molecular weight is 418 g/mol. The van der Waals surface area contributed by atoms with Gasteiger partial charge in [0.2, 0.25) is 0 Å². The molecule has 0 aliphatic rings. The molecule has 3 aromatic carbocycles. The molecule has 0 aliphatic carbocycles. The lowest BCUT2D eigenvalue weighted by molar-refractivity contribution is 0.242. The Morgan fingerprint density at radius 3 is 1.71 bits per heavy atom. The van der Waals surface area contributed by atoms with Gasteiger partial charge in [-0.2, -0.15) is 0 Å². The number of rotatable bonds is 11. The summed E-state index contributed by atoms with van der Waals surface area (Å²) < 4.78 is 11.5. The summed E-state index contributed by atoms with van der Waals surface area (Å²) in [5.74, 6) is 2.20. The van der Waals surface area contributed by atoms with Crippen LogP contribution in [0.1, 0.15) is 56.7 Å². The molecule has 0 saturated carbocycles. The third-order valence-electron chi connectivity index (χ3n) is 5.09. The highest BCUT2D eigenvalue weighted by molar-refractivity contribution is 5.36. The first kappa shape index (κ1) is 22.9. The number of hydrogen-bond donors (Lipinski definition) is 1. The zero-order chi connectivity index (χ0) is 22.1. The van der Waals surface area contributed by atoms with Crippen molar-refractivity contribution in [3.05, 3.63) is 95.6 Å². The van der Waals surface area contributed by atoms with E-state index >= 15 is 0 Å². The second-order valence-electron chi connectivity index (χ2n) is 8.47. The summed E-state index contributed by atoms with van der Waals surface area (Å²) in [4.78, 5) is 0. The fraction of sp³-hybridized carbons (Fsp3) is 0.357. The molecular weight excluding hydrogens is 382 g/mol. The molecule has 0 aliphatic heterocycles. The summed E-state index contributed by atoms with van der Waals surface area (Å²) in [5.41, 5.74) is 3.93. The van der Waals surface area contributed by atoms with Crippen molar-refractivity contribution in [2.45, 2.75) is 58.8 Å². The first-order valence-corrected chi connectivity index (χ1v) is 11.3. The summed E-state index contributed by atoms with van der Waals surface area (Å²) in [7, 11) is 0. The Hall–Kier alpha value is -2.78. The molecule has 1 atom stereocenters. The Balaban J connectivity index is 1.59. The van der Waals surface area contributed by atoms with E-state index in [0.29, 0.717) is 5.92 Å². The van der Waals surface area contributed by atoms with Gasteiger partial charge in [0.25, 0.3) is 0 Å². The fourth-order valence-corrected chi connectivity index (χ4v) is 3.70. The maximum absolute atomic E-state index is 5.81. The van der Waals surface area contributed by atoms with Crippen molar-refractivity contribution >= 4 is 0 Å². The number of ether oxygens (including phenoxy) is 2. The third-order valence-corrected chi connectivity index (χ3v) is 5.09. The standard InChI is InChI=1S/C28H35NO2/c1-21(2)30-26-14-10-23(11-15-26)20-29-19-18-28(24-8-6-5-7-9-24)25-12-16-27(17-13-25)31-22(3)4/h5-17,21-22,28-29H,18-20H2,1-4H3. The average Bonchev–Trinajstić information content (AvgIpc) is 2.75. The molecule has 0 fully saturated rings. The van der Waals surface area contributed by atoms with Gasteiger partial charge in [0, 0.05) is 12.5 Å². The SMILES string of the molecule is CC(C)Oc1ccc(CNCCC(c2ccccc2)c2ccc(OC(C)C)cc2)cc1. The van der Waals surface area contributed by atoms with Gasteiger partial charge >= 0.3 is 0 Å². The van der Waals surface area contributed by atoms with Crippen LogP contribution in [0, 0.1) is 0 Å². The van der Waals surface area contributed by atoms with Crippen molar-refractivity contribution < 1.29 is 9.47 Å². The summed E-state index contributed by atoms with van der Waals surface area (Å²) in [6.45, 7) is 9.99. The van der Waals surface area contributed by atoms with Crippen molar-refractivity contribution in [2.75, 3.05) is 6.54 Å². The summed E-state index contributed by atoms with van der Waals surface area (Å²) in [6, 6.07) is 27.7. The number of nitrogens with one attached hydrogen (secondary N) is 1. The summed E-state index contributed by atoms with van der Waals surface area (Å²) in [6.07, 6.45) is 1.42. The van der Waals surface area contributed by atoms with E-state index in [2.05, 4.69) is 85.9 Å². The predicted molar refractivity (Wildman–Crippen MR) is 129 cm³/mol. The highest BCUT2D eigenvalue weighted by Gasteiger charge is 2.14. The van der Waals surface area contributed by atoms with Crippen LogP contribution >= 0.6 is 0 Å². The van der Waals surface area contributed by atoms with E-state index < -0.39 is 0 Å². The van der Waals surface area contributed by atoms with Crippen molar-refractivity contribution in [1.82, 2.24) is 5.32 Å². The van der Waals surface area contributed by atoms with Crippen LogP contribution in [0.3, 0.4) is 0 Å². The normalized spacial score (nSPS) is 12.2. The van der Waals surface area contributed by atoms with Crippen LogP contribution in [0.5, 0.6) is 11.5 Å². The molecule has 0 spiro atoms. The van der Waals surface area contributed by atoms with Gasteiger partial charge in [-0.25, -0.2) is 0 Å². The Labute approximate surface area is 187 Å². The van der Waals surface area contributed by atoms with Crippen molar-refractivity contribution in [2.24, 2.45) is 0 Å². The monoisotopic (exact) mass is 417 g/mol. The van der Waals surface area contributed by atoms with Gasteiger partial charge in [0.15, 0.2) is 0 Å². The van der Waals surface area contributed by atoms with E-state index in [4.69, 9.17) is 9.47 Å². The van der Waals surface area contributed by atoms with Crippen LogP contribution in [0.25, 0.3) is 0 Å². The van der Waals surface area contributed by atoms with Crippen molar-refractivity contribution in [3.8, 4) is 11.5 Å². The van der Waals surface area contributed by atoms with Gasteiger partial charge in [-0.15, -0.1) is 0 Å². The van der Waals surface area contributed by atoms with E-state index in [9.17, 15) is 0 Å². The van der Waals surface area contributed by atoms with Crippen molar-refractivity contribution in [3.63, 3.8) is 0 Å². The highest BCUT2D eigenvalue weighted by atomic mass is 16.5. The van der Waals surface area contributed by atoms with Gasteiger partial charge < -0.3 is 14.8 Å². The molecule has 0 bridgehead atoms. The van der Waals surface area contributed by atoms with E-state index in [1.165, 1.54) is 16.7 Å². The molecular formula is C28H35NO2. The first-order valence-electron chi connectivity index (χ1n) is 11.3. The summed E-state index contributed by atoms with van der Waals surface area (Å²) >= 11 is 0. The van der Waals surface area contributed by atoms with Crippen LogP contribution in [0.2, 0.25) is 0 Å². The molecule has 0 aromatic heterocycles. The van der Waals surface area contributed by atoms with Crippen LogP contribution < -0.4 is 14.8 Å². The summed E-state index contributed by atoms with van der Waals surface area (Å²) in [5, 5.41) is 3.60. The minimum absolute atomic E-state index is 0.186. The zero-order valence-electron chi connectivity index (χ0n) is 19.2. The minimum atomic E-state index is 0.186. The second-order valence-corrected chi connectivity index (χ2v) is 8.47. The van der Waals surface area contributed by atoms with Gasteiger partial charge in [0.1, 0.15) is 11.5 Å². The van der Waals surface area contributed by atoms with Gasteiger partial charge in [-0.1, -0.05) is 54.6 Å². The Kier molecular flexibility index (Phi) is 8.54. The molecule has 31 heavy (non-hydrogen) atoms. The number of benzene rings is 3. The quantitative estimate of drug-likeness (QED) is 0.358. The third kappa shape index (κ3) is 7.45. The van der Waals surface area contributed by atoms with E-state index in [0.717, 1.165) is 31.0 Å². The number of hydrogen-bond acceptors (Lipinski definition) is 3. The topological polar surface area (TPSA) is 30.5 Å². The Morgan fingerprint density at radius 2 is 1.16 bits per heavy atom. The smallest absolute Gasteiger partial charge is 0.119 e. The Bertz CT molecular complexity index is 887. The molecule has 0 heterocycles. The Morgan fingerprint density at radius 1 is 0.645 bits per heavy atom. The largest absolute Gasteiger partial charge is 0.491 e. The molecule has 0 saturated heterocycles. The van der Waals surface area contributed by atoms with Crippen molar-refractivity contribution in [1.29, 1.82) is 0 Å². The van der Waals surface area contributed by atoms with Crippen LogP contribution in [0.4, 0.5) is 0 Å². The van der Waals surface area contributed by atoms with Gasteiger partial charge in [0.05, 0.1) is 12.2 Å². The molecule has 3 rings (SSSR count). The minimum Gasteiger partial charge on any atom is -0.491 e.